The van der Waals surface area contributed by atoms with Crippen LogP contribution in [-0.2, 0) is 19.1 Å². The zero-order valence-electron chi connectivity index (χ0n) is 32.4. The summed E-state index contributed by atoms with van der Waals surface area (Å²) < 4.78 is 10.2. The highest BCUT2D eigenvalue weighted by Crippen LogP contribution is 2.15. The van der Waals surface area contributed by atoms with E-state index in [1.807, 2.05) is 12.2 Å². The molecule has 0 aliphatic carbocycles. The third-order valence-corrected chi connectivity index (χ3v) is 9.08. The van der Waals surface area contributed by atoms with E-state index < -0.39 is 24.3 Å². The van der Waals surface area contributed by atoms with Crippen LogP contribution in [0.25, 0.3) is 0 Å². The average Bonchev–Trinajstić information content (AvgIpc) is 3.11. The van der Waals surface area contributed by atoms with Gasteiger partial charge >= 0.3 is 11.9 Å². The Hall–Kier alpha value is -1.96. The molecule has 7 heteroatoms. The minimum Gasteiger partial charge on any atom is -0.463 e. The van der Waals surface area contributed by atoms with Crippen molar-refractivity contribution in [2.24, 2.45) is 0 Å². The van der Waals surface area contributed by atoms with Crippen LogP contribution in [0.4, 0.5) is 0 Å². The zero-order chi connectivity index (χ0) is 36.8. The molecule has 0 aliphatic rings. The topological polar surface area (TPSA) is 113 Å². The van der Waals surface area contributed by atoms with E-state index in [-0.39, 0.29) is 32.0 Å². The summed E-state index contributed by atoms with van der Waals surface area (Å²) >= 11 is 0. The summed E-state index contributed by atoms with van der Waals surface area (Å²) in [7, 11) is 0. The van der Waals surface area contributed by atoms with Crippen molar-refractivity contribution >= 4 is 11.9 Å². The third kappa shape index (κ3) is 35.9. The number of aliphatic hydroxyl groups excluding tert-OH is 3. The molecular weight excluding hydrogens is 628 g/mol. The Morgan fingerprint density at radius 3 is 1.38 bits per heavy atom. The number of hydrogen-bond donors (Lipinski definition) is 3. The molecule has 0 bridgehead atoms. The third-order valence-electron chi connectivity index (χ3n) is 9.08. The maximum Gasteiger partial charge on any atom is 0.305 e. The molecule has 0 aromatic rings. The van der Waals surface area contributed by atoms with E-state index in [4.69, 9.17) is 9.47 Å². The van der Waals surface area contributed by atoms with Gasteiger partial charge in [0.1, 0.15) is 19.3 Å². The van der Waals surface area contributed by atoms with Gasteiger partial charge in [-0.25, -0.2) is 0 Å². The molecule has 0 radical (unpaired) electrons. The molecule has 3 N–H and O–H groups in total. The first kappa shape index (κ1) is 48.0. The standard InChI is InChI=1S/C43H78O7/c1-3-5-7-9-11-13-15-17-18-19-20-21-23-25-27-29-31-35-42(47)49-37-39(44)38-50-43(48)36-32-34-41(46)40(45)33-30-28-26-24-22-16-14-12-10-8-6-4-2/h12,14,22,24,28,30,39-41,44-46H,3-11,13,15-21,23,25-27,29,31-38H2,1-2H3/b14-12-,24-22-,30-28-/t39-,40?,41?/m0/s1. The van der Waals surface area contributed by atoms with Gasteiger partial charge in [-0.2, -0.15) is 0 Å². The molecule has 2 unspecified atom stereocenters. The summed E-state index contributed by atoms with van der Waals surface area (Å²) in [5.41, 5.74) is 0. The lowest BCUT2D eigenvalue weighted by Gasteiger charge is -2.16. The average molecular weight is 707 g/mol. The van der Waals surface area contributed by atoms with Crippen molar-refractivity contribution in [1.82, 2.24) is 0 Å². The lowest BCUT2D eigenvalue weighted by Crippen LogP contribution is -2.26. The molecule has 0 aromatic heterocycles. The van der Waals surface area contributed by atoms with Crippen molar-refractivity contribution in [2.75, 3.05) is 13.2 Å². The van der Waals surface area contributed by atoms with Crippen molar-refractivity contribution in [3.8, 4) is 0 Å². The fourth-order valence-corrected chi connectivity index (χ4v) is 5.78. The fourth-order valence-electron chi connectivity index (χ4n) is 5.78. The lowest BCUT2D eigenvalue weighted by molar-refractivity contribution is -0.152. The van der Waals surface area contributed by atoms with E-state index in [2.05, 4.69) is 38.2 Å². The summed E-state index contributed by atoms with van der Waals surface area (Å²) in [4.78, 5) is 24.0. The van der Waals surface area contributed by atoms with Crippen molar-refractivity contribution in [3.05, 3.63) is 36.5 Å². The fraction of sp³-hybridized carbons (Fsp3) is 0.814. The highest BCUT2D eigenvalue weighted by atomic mass is 16.6. The molecule has 7 nitrogen and oxygen atoms in total. The van der Waals surface area contributed by atoms with Gasteiger partial charge in [-0.15, -0.1) is 0 Å². The first-order valence-corrected chi connectivity index (χ1v) is 20.7. The molecule has 0 fully saturated rings. The monoisotopic (exact) mass is 707 g/mol. The van der Waals surface area contributed by atoms with Crippen LogP contribution in [0.1, 0.15) is 194 Å². The summed E-state index contributed by atoms with van der Waals surface area (Å²) in [5, 5.41) is 30.4. The second-order valence-corrected chi connectivity index (χ2v) is 14.1. The van der Waals surface area contributed by atoms with Gasteiger partial charge in [-0.05, 0) is 51.4 Å². The number of hydrogen-bond acceptors (Lipinski definition) is 7. The number of carbonyl (C=O) groups is 2. The molecule has 0 aliphatic heterocycles. The Bertz CT molecular complexity index is 837. The summed E-state index contributed by atoms with van der Waals surface area (Å²) in [5.74, 6) is -0.834. The van der Waals surface area contributed by atoms with Gasteiger partial charge < -0.3 is 24.8 Å². The molecule has 3 atom stereocenters. The van der Waals surface area contributed by atoms with E-state index in [0.29, 0.717) is 19.3 Å². The van der Waals surface area contributed by atoms with Crippen LogP contribution in [0.5, 0.6) is 0 Å². The minimum absolute atomic E-state index is 0.0727. The highest BCUT2D eigenvalue weighted by molar-refractivity contribution is 5.69. The SMILES string of the molecule is CCCCC/C=C\C/C=C\C/C=C\CC(O)C(O)CCCC(=O)OC[C@@H](O)COC(=O)CCCCCCCCCCCCCCCCCCC. The highest BCUT2D eigenvalue weighted by Gasteiger charge is 2.16. The van der Waals surface area contributed by atoms with Crippen LogP contribution in [-0.4, -0.2) is 58.8 Å². The first-order valence-electron chi connectivity index (χ1n) is 20.7. The molecule has 50 heavy (non-hydrogen) atoms. The molecule has 0 saturated heterocycles. The van der Waals surface area contributed by atoms with Crippen molar-refractivity contribution < 1.29 is 34.4 Å². The van der Waals surface area contributed by atoms with Gasteiger partial charge in [0.05, 0.1) is 12.2 Å². The number of unbranched alkanes of at least 4 members (excludes halogenated alkanes) is 19. The van der Waals surface area contributed by atoms with E-state index in [9.17, 15) is 24.9 Å². The minimum atomic E-state index is -1.07. The van der Waals surface area contributed by atoms with Crippen molar-refractivity contribution in [2.45, 2.75) is 212 Å². The largest absolute Gasteiger partial charge is 0.463 e. The normalized spacial score (nSPS) is 13.8. The van der Waals surface area contributed by atoms with E-state index in [1.54, 1.807) is 0 Å². The number of esters is 2. The van der Waals surface area contributed by atoms with E-state index in [1.165, 1.54) is 109 Å². The molecule has 0 heterocycles. The Labute approximate surface area is 307 Å². The van der Waals surface area contributed by atoms with Crippen LogP contribution in [0, 0.1) is 0 Å². The second-order valence-electron chi connectivity index (χ2n) is 14.1. The predicted molar refractivity (Wildman–Crippen MR) is 208 cm³/mol. The van der Waals surface area contributed by atoms with Gasteiger partial charge in [0.15, 0.2) is 0 Å². The van der Waals surface area contributed by atoms with E-state index in [0.717, 1.165) is 38.5 Å². The Kier molecular flexibility index (Phi) is 36.8. The molecule has 0 amide bonds. The quantitative estimate of drug-likeness (QED) is 0.0335. The molecular formula is C43H78O7. The number of ether oxygens (including phenoxy) is 2. The second kappa shape index (κ2) is 38.3. The Morgan fingerprint density at radius 1 is 0.480 bits per heavy atom. The maximum atomic E-state index is 12.0. The van der Waals surface area contributed by atoms with Crippen molar-refractivity contribution in [1.29, 1.82) is 0 Å². The molecule has 292 valence electrons. The number of aliphatic hydroxyl groups is 3. The number of allylic oxidation sites excluding steroid dienone is 5. The summed E-state index contributed by atoms with van der Waals surface area (Å²) in [6.45, 7) is 4.03. The molecule has 0 spiro atoms. The molecule has 0 aromatic carbocycles. The number of carbonyl (C=O) groups excluding carboxylic acids is 2. The first-order chi connectivity index (χ1) is 24.4. The van der Waals surface area contributed by atoms with Gasteiger partial charge in [0.2, 0.25) is 0 Å². The zero-order valence-corrected chi connectivity index (χ0v) is 32.4. The number of rotatable bonds is 37. The van der Waals surface area contributed by atoms with Gasteiger partial charge in [0, 0.05) is 12.8 Å². The molecule has 0 rings (SSSR count). The van der Waals surface area contributed by atoms with Crippen LogP contribution < -0.4 is 0 Å². The molecule has 0 saturated carbocycles. The Balaban J connectivity index is 3.64. The maximum absolute atomic E-state index is 12.0. The van der Waals surface area contributed by atoms with Gasteiger partial charge in [0.25, 0.3) is 0 Å². The predicted octanol–water partition coefficient (Wildman–Crippen LogP) is 10.8. The van der Waals surface area contributed by atoms with Crippen molar-refractivity contribution in [3.63, 3.8) is 0 Å². The Morgan fingerprint density at radius 2 is 0.880 bits per heavy atom. The van der Waals surface area contributed by atoms with Crippen LogP contribution >= 0.6 is 0 Å². The van der Waals surface area contributed by atoms with Crippen LogP contribution in [0.2, 0.25) is 0 Å². The van der Waals surface area contributed by atoms with E-state index >= 15 is 0 Å². The van der Waals surface area contributed by atoms with Gasteiger partial charge in [-0.3, -0.25) is 9.59 Å². The lowest BCUT2D eigenvalue weighted by atomic mass is 10.0. The summed E-state index contributed by atoms with van der Waals surface area (Å²) in [6.07, 6.45) is 39.5. The summed E-state index contributed by atoms with van der Waals surface area (Å²) in [6, 6.07) is 0. The van der Waals surface area contributed by atoms with Gasteiger partial charge in [-0.1, -0.05) is 166 Å². The smallest absolute Gasteiger partial charge is 0.305 e. The van der Waals surface area contributed by atoms with Crippen LogP contribution in [0.3, 0.4) is 0 Å². The van der Waals surface area contributed by atoms with Crippen LogP contribution in [0.15, 0.2) is 36.5 Å².